The second kappa shape index (κ2) is 5.26. The summed E-state index contributed by atoms with van der Waals surface area (Å²) < 4.78 is 0. The Balaban J connectivity index is 2.40. The molecule has 2 N–H and O–H groups in total. The zero-order chi connectivity index (χ0) is 9.68. The van der Waals surface area contributed by atoms with Crippen LogP contribution in [0.3, 0.4) is 0 Å². The van der Waals surface area contributed by atoms with E-state index in [9.17, 15) is 0 Å². The van der Waals surface area contributed by atoms with Crippen molar-refractivity contribution in [2.75, 3.05) is 19.6 Å². The molecule has 1 aliphatic rings. The lowest BCUT2D eigenvalue weighted by Crippen LogP contribution is -2.50. The largest absolute Gasteiger partial charge is 0.330 e. The zero-order valence-corrected chi connectivity index (χ0v) is 8.50. The van der Waals surface area contributed by atoms with E-state index < -0.39 is 0 Å². The monoisotopic (exact) mass is 180 g/mol. The Morgan fingerprint density at radius 3 is 2.69 bits per heavy atom. The first-order chi connectivity index (χ1) is 6.33. The Bertz CT molecular complexity index is 181. The average molecular weight is 180 g/mol. The topological polar surface area (TPSA) is 29.3 Å². The fourth-order valence-electron chi connectivity index (χ4n) is 2.07. The van der Waals surface area contributed by atoms with Gasteiger partial charge in [0.05, 0.1) is 6.54 Å². The lowest BCUT2D eigenvalue weighted by molar-refractivity contribution is 0.0785. The van der Waals surface area contributed by atoms with Crippen molar-refractivity contribution in [2.45, 2.75) is 32.2 Å². The fraction of sp³-hybridized carbons (Fsp3) is 0.818. The minimum atomic E-state index is 0.668. The molecule has 1 rings (SSSR count). The Kier molecular flexibility index (Phi) is 4.27. The predicted octanol–water partition coefficient (Wildman–Crippen LogP) is 1.07. The average Bonchev–Trinajstić information content (AvgIpc) is 2.04. The summed E-state index contributed by atoms with van der Waals surface area (Å²) in [5.41, 5.74) is 5.68. The highest BCUT2D eigenvalue weighted by atomic mass is 15.2. The van der Waals surface area contributed by atoms with Crippen molar-refractivity contribution in [3.63, 3.8) is 0 Å². The molecule has 2 heteroatoms. The molecule has 0 heterocycles. The summed E-state index contributed by atoms with van der Waals surface area (Å²) >= 11 is 0. The van der Waals surface area contributed by atoms with E-state index in [4.69, 9.17) is 12.2 Å². The second-order valence-corrected chi connectivity index (χ2v) is 3.82. The molecule has 1 fully saturated rings. The maximum atomic E-state index is 5.68. The number of nitrogens with zero attached hydrogens (tertiary/aromatic N) is 1. The number of terminal acetylenes is 1. The molecular weight excluding hydrogens is 160 g/mol. The molecule has 2 nitrogen and oxygen atoms in total. The predicted molar refractivity (Wildman–Crippen MR) is 56.3 cm³/mol. The van der Waals surface area contributed by atoms with Gasteiger partial charge in [-0.2, -0.15) is 0 Å². The van der Waals surface area contributed by atoms with E-state index in [0.29, 0.717) is 12.0 Å². The Labute approximate surface area is 81.5 Å². The van der Waals surface area contributed by atoms with Crippen molar-refractivity contribution in [3.05, 3.63) is 0 Å². The maximum absolute atomic E-state index is 5.68. The summed E-state index contributed by atoms with van der Waals surface area (Å²) in [6, 6.07) is 0.668. The van der Waals surface area contributed by atoms with E-state index in [0.717, 1.165) is 19.6 Å². The molecule has 0 saturated heterocycles. The summed E-state index contributed by atoms with van der Waals surface area (Å²) in [5.74, 6) is 3.43. The lowest BCUT2D eigenvalue weighted by Gasteiger charge is -2.43. The van der Waals surface area contributed by atoms with Crippen LogP contribution in [-0.4, -0.2) is 30.6 Å². The van der Waals surface area contributed by atoms with Gasteiger partial charge >= 0.3 is 0 Å². The first-order valence-electron chi connectivity index (χ1n) is 5.21. The van der Waals surface area contributed by atoms with Crippen molar-refractivity contribution in [2.24, 2.45) is 11.7 Å². The van der Waals surface area contributed by atoms with E-state index >= 15 is 0 Å². The minimum Gasteiger partial charge on any atom is -0.330 e. The first-order valence-corrected chi connectivity index (χ1v) is 5.21. The molecule has 2 atom stereocenters. The lowest BCUT2D eigenvalue weighted by atomic mass is 9.78. The quantitative estimate of drug-likeness (QED) is 0.641. The molecule has 1 saturated carbocycles. The molecule has 0 amide bonds. The third kappa shape index (κ3) is 2.46. The van der Waals surface area contributed by atoms with E-state index in [1.807, 2.05) is 0 Å². The third-order valence-corrected chi connectivity index (χ3v) is 2.95. The highest BCUT2D eigenvalue weighted by Crippen LogP contribution is 2.31. The van der Waals surface area contributed by atoms with E-state index in [-0.39, 0.29) is 0 Å². The Hall–Kier alpha value is -0.520. The van der Waals surface area contributed by atoms with Crippen LogP contribution < -0.4 is 5.73 Å². The van der Waals surface area contributed by atoms with Crippen LogP contribution in [0.2, 0.25) is 0 Å². The number of rotatable bonds is 5. The van der Waals surface area contributed by atoms with E-state index in [1.165, 1.54) is 19.3 Å². The Morgan fingerprint density at radius 1 is 1.54 bits per heavy atom. The number of hydrogen-bond acceptors (Lipinski definition) is 2. The summed E-state index contributed by atoms with van der Waals surface area (Å²) in [6.45, 7) is 4.91. The molecule has 74 valence electrons. The normalized spacial score (nSPS) is 26.9. The molecule has 2 unspecified atom stereocenters. The highest BCUT2D eigenvalue weighted by Gasteiger charge is 2.33. The van der Waals surface area contributed by atoms with Gasteiger partial charge in [0.1, 0.15) is 0 Å². The van der Waals surface area contributed by atoms with Gasteiger partial charge in [-0.15, -0.1) is 6.42 Å². The zero-order valence-electron chi connectivity index (χ0n) is 8.50. The van der Waals surface area contributed by atoms with E-state index in [1.54, 1.807) is 0 Å². The van der Waals surface area contributed by atoms with Crippen LogP contribution in [-0.2, 0) is 0 Å². The van der Waals surface area contributed by atoms with Gasteiger partial charge in [-0.3, -0.25) is 4.90 Å². The van der Waals surface area contributed by atoms with Crippen LogP contribution in [0, 0.1) is 18.3 Å². The van der Waals surface area contributed by atoms with Gasteiger partial charge < -0.3 is 5.73 Å². The van der Waals surface area contributed by atoms with Gasteiger partial charge in [0.15, 0.2) is 0 Å². The standard InChI is InChI=1S/C11H20N2/c1-3-7-13(8-4-2)11-6-5-10(11)9-12/h1,10-11H,4-9,12H2,2H3. The highest BCUT2D eigenvalue weighted by molar-refractivity contribution is 4.95. The van der Waals surface area contributed by atoms with Gasteiger partial charge in [0.2, 0.25) is 0 Å². The van der Waals surface area contributed by atoms with Crippen molar-refractivity contribution in [3.8, 4) is 12.3 Å². The van der Waals surface area contributed by atoms with Crippen molar-refractivity contribution in [1.29, 1.82) is 0 Å². The van der Waals surface area contributed by atoms with Gasteiger partial charge in [-0.25, -0.2) is 0 Å². The van der Waals surface area contributed by atoms with Crippen LogP contribution in [0.5, 0.6) is 0 Å². The second-order valence-electron chi connectivity index (χ2n) is 3.82. The van der Waals surface area contributed by atoms with Crippen molar-refractivity contribution < 1.29 is 0 Å². The Morgan fingerprint density at radius 2 is 2.31 bits per heavy atom. The van der Waals surface area contributed by atoms with Crippen molar-refractivity contribution in [1.82, 2.24) is 4.90 Å². The molecule has 0 aliphatic heterocycles. The molecule has 0 aromatic rings. The molecule has 1 aliphatic carbocycles. The van der Waals surface area contributed by atoms with Crippen LogP contribution in [0.4, 0.5) is 0 Å². The summed E-state index contributed by atoms with van der Waals surface area (Å²) in [4.78, 5) is 2.40. The van der Waals surface area contributed by atoms with Crippen molar-refractivity contribution >= 4 is 0 Å². The third-order valence-electron chi connectivity index (χ3n) is 2.95. The van der Waals surface area contributed by atoms with Gasteiger partial charge in [-0.1, -0.05) is 12.8 Å². The SMILES string of the molecule is C#CCN(CCC)C1CCC1CN. The first kappa shape index (κ1) is 10.6. The molecule has 0 aromatic carbocycles. The van der Waals surface area contributed by atoms with Gasteiger partial charge in [0.25, 0.3) is 0 Å². The molecular formula is C11H20N2. The summed E-state index contributed by atoms with van der Waals surface area (Å²) in [7, 11) is 0. The molecule has 0 radical (unpaired) electrons. The smallest absolute Gasteiger partial charge is 0.0601 e. The van der Waals surface area contributed by atoms with Crippen LogP contribution >= 0.6 is 0 Å². The summed E-state index contributed by atoms with van der Waals surface area (Å²) in [6.07, 6.45) is 9.08. The summed E-state index contributed by atoms with van der Waals surface area (Å²) in [5, 5.41) is 0. The fourth-order valence-corrected chi connectivity index (χ4v) is 2.07. The maximum Gasteiger partial charge on any atom is 0.0601 e. The van der Waals surface area contributed by atoms with Crippen LogP contribution in [0.1, 0.15) is 26.2 Å². The molecule has 13 heavy (non-hydrogen) atoms. The van der Waals surface area contributed by atoms with Gasteiger partial charge in [0, 0.05) is 6.04 Å². The van der Waals surface area contributed by atoms with Crippen LogP contribution in [0.25, 0.3) is 0 Å². The minimum absolute atomic E-state index is 0.668. The number of hydrogen-bond donors (Lipinski definition) is 1. The molecule has 0 bridgehead atoms. The van der Waals surface area contributed by atoms with Gasteiger partial charge in [-0.05, 0) is 38.3 Å². The van der Waals surface area contributed by atoms with Crippen LogP contribution in [0.15, 0.2) is 0 Å². The number of nitrogens with two attached hydrogens (primary N) is 1. The molecule has 0 spiro atoms. The van der Waals surface area contributed by atoms with E-state index in [2.05, 4.69) is 17.7 Å². The molecule has 0 aromatic heterocycles.